The van der Waals surface area contributed by atoms with Crippen molar-refractivity contribution in [3.8, 4) is 0 Å². The number of methoxy groups -OCH3 is 1. The number of ether oxygens (including phenoxy) is 1. The van der Waals surface area contributed by atoms with Gasteiger partial charge < -0.3 is 15.5 Å². The zero-order chi connectivity index (χ0) is 14.4. The number of nitro groups is 1. The topological polar surface area (TPSA) is 120 Å². The van der Waals surface area contributed by atoms with E-state index in [-0.39, 0.29) is 28.9 Å². The molecule has 1 amide bonds. The second-order valence-corrected chi connectivity index (χ2v) is 3.89. The van der Waals surface area contributed by atoms with Crippen LogP contribution in [0.25, 0.3) is 0 Å². The van der Waals surface area contributed by atoms with Crippen LogP contribution in [0.15, 0.2) is 18.2 Å². The Hall–Kier alpha value is -2.19. The molecule has 1 unspecified atom stereocenters. The summed E-state index contributed by atoms with van der Waals surface area (Å²) in [5, 5.41) is 13.4. The Kier molecular flexibility index (Phi) is 5.22. The van der Waals surface area contributed by atoms with E-state index in [1.165, 1.54) is 18.2 Å². The summed E-state index contributed by atoms with van der Waals surface area (Å²) in [5.74, 6) is 4.84. The molecule has 0 radical (unpaired) electrons. The highest BCUT2D eigenvalue weighted by atomic mass is 16.6. The highest BCUT2D eigenvalue weighted by Crippen LogP contribution is 2.24. The smallest absolute Gasteiger partial charge is 0.293 e. The van der Waals surface area contributed by atoms with Crippen molar-refractivity contribution in [2.24, 2.45) is 5.84 Å². The number of hydrogen-bond donors (Lipinski definition) is 3. The molecule has 1 aromatic rings. The van der Waals surface area contributed by atoms with Gasteiger partial charge in [-0.15, -0.1) is 0 Å². The fourth-order valence-electron chi connectivity index (χ4n) is 1.37. The molecule has 0 heterocycles. The Bertz CT molecular complexity index is 478. The molecular formula is C11H16N4O4. The standard InChI is InChI=1S/C11H16N4O4/c1-7(19-2)6-13-11(16)8-3-4-10(15(17)18)9(5-8)14-12/h3-5,7,14H,6,12H2,1-2H3,(H,13,16). The number of nitrogen functional groups attached to an aromatic ring is 1. The van der Waals surface area contributed by atoms with E-state index in [2.05, 4.69) is 10.7 Å². The molecule has 8 heteroatoms. The number of amides is 1. The number of rotatable bonds is 6. The molecule has 0 spiro atoms. The Morgan fingerprint density at radius 2 is 2.26 bits per heavy atom. The van der Waals surface area contributed by atoms with Gasteiger partial charge in [-0.2, -0.15) is 0 Å². The number of nitro benzene ring substituents is 1. The number of hydrazine groups is 1. The van der Waals surface area contributed by atoms with Gasteiger partial charge in [0.2, 0.25) is 0 Å². The van der Waals surface area contributed by atoms with Crippen LogP contribution in [-0.2, 0) is 4.74 Å². The van der Waals surface area contributed by atoms with Crippen LogP contribution in [0.5, 0.6) is 0 Å². The fourth-order valence-corrected chi connectivity index (χ4v) is 1.37. The van der Waals surface area contributed by atoms with E-state index in [1.54, 1.807) is 7.11 Å². The van der Waals surface area contributed by atoms with Gasteiger partial charge in [-0.3, -0.25) is 20.8 Å². The van der Waals surface area contributed by atoms with Crippen LogP contribution in [-0.4, -0.2) is 30.6 Å². The van der Waals surface area contributed by atoms with Crippen LogP contribution in [0.3, 0.4) is 0 Å². The van der Waals surface area contributed by atoms with Gasteiger partial charge in [0.05, 0.1) is 11.0 Å². The third kappa shape index (κ3) is 3.90. The molecule has 0 saturated carbocycles. The molecule has 4 N–H and O–H groups in total. The largest absolute Gasteiger partial charge is 0.380 e. The predicted molar refractivity (Wildman–Crippen MR) is 69.7 cm³/mol. The molecule has 8 nitrogen and oxygen atoms in total. The summed E-state index contributed by atoms with van der Waals surface area (Å²) in [4.78, 5) is 21.9. The molecule has 0 aliphatic rings. The summed E-state index contributed by atoms with van der Waals surface area (Å²) >= 11 is 0. The van der Waals surface area contributed by atoms with Crippen LogP contribution in [0.4, 0.5) is 11.4 Å². The third-order valence-electron chi connectivity index (χ3n) is 2.56. The van der Waals surface area contributed by atoms with Crippen molar-refractivity contribution in [1.82, 2.24) is 5.32 Å². The number of anilines is 1. The molecule has 0 bridgehead atoms. The minimum Gasteiger partial charge on any atom is -0.380 e. The highest BCUT2D eigenvalue weighted by Gasteiger charge is 2.16. The number of nitrogens with one attached hydrogen (secondary N) is 2. The summed E-state index contributed by atoms with van der Waals surface area (Å²) < 4.78 is 5.00. The number of nitrogens with two attached hydrogens (primary N) is 1. The van der Waals surface area contributed by atoms with Crippen LogP contribution in [0, 0.1) is 10.1 Å². The maximum atomic E-state index is 11.8. The van der Waals surface area contributed by atoms with Gasteiger partial charge in [-0.25, -0.2) is 0 Å². The second kappa shape index (κ2) is 6.66. The van der Waals surface area contributed by atoms with Gasteiger partial charge in [-0.1, -0.05) is 0 Å². The summed E-state index contributed by atoms with van der Waals surface area (Å²) in [5.41, 5.74) is 2.37. The third-order valence-corrected chi connectivity index (χ3v) is 2.56. The van der Waals surface area contributed by atoms with Gasteiger partial charge >= 0.3 is 0 Å². The first kappa shape index (κ1) is 14.9. The van der Waals surface area contributed by atoms with Gasteiger partial charge in [0.15, 0.2) is 0 Å². The number of carbonyl (C=O) groups excluding carboxylic acids is 1. The molecule has 0 fully saturated rings. The summed E-state index contributed by atoms with van der Waals surface area (Å²) in [6.07, 6.45) is -0.117. The lowest BCUT2D eigenvalue weighted by molar-refractivity contribution is -0.384. The van der Waals surface area contributed by atoms with Crippen LogP contribution in [0.1, 0.15) is 17.3 Å². The monoisotopic (exact) mass is 268 g/mol. The summed E-state index contributed by atoms with van der Waals surface area (Å²) in [6, 6.07) is 3.92. The average Bonchev–Trinajstić information content (AvgIpc) is 2.43. The molecule has 0 saturated heterocycles. The lowest BCUT2D eigenvalue weighted by Crippen LogP contribution is -2.31. The molecule has 104 valence electrons. The predicted octanol–water partition coefficient (Wildman–Crippen LogP) is 0.645. The van der Waals surface area contributed by atoms with Crippen molar-refractivity contribution < 1.29 is 14.5 Å². The van der Waals surface area contributed by atoms with Gasteiger partial charge in [0.1, 0.15) is 5.69 Å². The quantitative estimate of drug-likeness (QED) is 0.396. The van der Waals surface area contributed by atoms with Crippen molar-refractivity contribution in [2.75, 3.05) is 19.1 Å². The number of nitrogens with zero attached hydrogens (tertiary/aromatic N) is 1. The van der Waals surface area contributed by atoms with Gasteiger partial charge in [0, 0.05) is 25.3 Å². The first-order valence-corrected chi connectivity index (χ1v) is 5.55. The van der Waals surface area contributed by atoms with Crippen molar-refractivity contribution >= 4 is 17.3 Å². The van der Waals surface area contributed by atoms with E-state index in [9.17, 15) is 14.9 Å². The van der Waals surface area contributed by atoms with Crippen molar-refractivity contribution in [1.29, 1.82) is 0 Å². The molecule has 1 aromatic carbocycles. The lowest BCUT2D eigenvalue weighted by Gasteiger charge is -2.11. The van der Waals surface area contributed by atoms with Crippen molar-refractivity contribution in [3.05, 3.63) is 33.9 Å². The number of benzene rings is 1. The first-order chi connectivity index (χ1) is 8.99. The van der Waals surface area contributed by atoms with E-state index < -0.39 is 4.92 Å². The van der Waals surface area contributed by atoms with Crippen molar-refractivity contribution in [2.45, 2.75) is 13.0 Å². The minimum absolute atomic E-state index is 0.0810. The second-order valence-electron chi connectivity index (χ2n) is 3.89. The maximum absolute atomic E-state index is 11.8. The SMILES string of the molecule is COC(C)CNC(=O)c1ccc([N+](=O)[O-])c(NN)c1. The number of carbonyl (C=O) groups is 1. The van der Waals surface area contributed by atoms with E-state index in [4.69, 9.17) is 10.6 Å². The van der Waals surface area contributed by atoms with E-state index in [1.807, 2.05) is 6.92 Å². The molecule has 0 aliphatic heterocycles. The Morgan fingerprint density at radius 1 is 1.58 bits per heavy atom. The van der Waals surface area contributed by atoms with Gasteiger partial charge in [-0.05, 0) is 19.1 Å². The zero-order valence-corrected chi connectivity index (χ0v) is 10.7. The average molecular weight is 268 g/mol. The molecule has 1 atom stereocenters. The summed E-state index contributed by atoms with van der Waals surface area (Å²) in [6.45, 7) is 2.15. The van der Waals surface area contributed by atoms with Gasteiger partial charge in [0.25, 0.3) is 11.6 Å². The Balaban J connectivity index is 2.84. The van der Waals surface area contributed by atoms with Crippen LogP contribution < -0.4 is 16.6 Å². The van der Waals surface area contributed by atoms with E-state index in [0.717, 1.165) is 0 Å². The number of hydrogen-bond acceptors (Lipinski definition) is 6. The van der Waals surface area contributed by atoms with Crippen molar-refractivity contribution in [3.63, 3.8) is 0 Å². The van der Waals surface area contributed by atoms with Crippen LogP contribution in [0.2, 0.25) is 0 Å². The molecule has 0 aliphatic carbocycles. The van der Waals surface area contributed by atoms with E-state index in [0.29, 0.717) is 6.54 Å². The molecule has 1 rings (SSSR count). The van der Waals surface area contributed by atoms with Crippen LogP contribution >= 0.6 is 0 Å². The normalized spacial score (nSPS) is 11.7. The lowest BCUT2D eigenvalue weighted by atomic mass is 10.1. The molecular weight excluding hydrogens is 252 g/mol. The fraction of sp³-hybridized carbons (Fsp3) is 0.364. The molecule has 0 aromatic heterocycles. The Labute approximate surface area is 110 Å². The Morgan fingerprint density at radius 3 is 2.79 bits per heavy atom. The minimum atomic E-state index is -0.579. The molecule has 19 heavy (non-hydrogen) atoms. The first-order valence-electron chi connectivity index (χ1n) is 5.55. The summed E-state index contributed by atoms with van der Waals surface area (Å²) in [7, 11) is 1.54. The van der Waals surface area contributed by atoms with E-state index >= 15 is 0 Å². The highest BCUT2D eigenvalue weighted by molar-refractivity contribution is 5.95. The zero-order valence-electron chi connectivity index (χ0n) is 10.7. The maximum Gasteiger partial charge on any atom is 0.293 e.